The molecule has 0 amide bonds. The first-order valence-electron chi connectivity index (χ1n) is 35.3. The third-order valence-electron chi connectivity index (χ3n) is 22.1. The molecule has 3 aliphatic heterocycles. The van der Waals surface area contributed by atoms with Gasteiger partial charge < -0.3 is 33.3 Å². The Balaban J connectivity index is 0.0000000931. The van der Waals surface area contributed by atoms with Crippen LogP contribution in [0.5, 0.6) is 0 Å². The smallest absolute Gasteiger partial charge is 0.423 e. The third kappa shape index (κ3) is 10.0. The van der Waals surface area contributed by atoms with E-state index in [2.05, 4.69) is 382 Å². The number of H-pyrrole nitrogens is 1. The molecule has 3 aliphatic rings. The summed E-state index contributed by atoms with van der Waals surface area (Å²) in [5.74, 6) is 0. The fourth-order valence-corrected chi connectivity index (χ4v) is 18.0. The lowest BCUT2D eigenvalue weighted by atomic mass is 9.75. The van der Waals surface area contributed by atoms with Gasteiger partial charge in [0.2, 0.25) is 0 Å². The van der Waals surface area contributed by atoms with Crippen molar-refractivity contribution in [3.63, 3.8) is 0 Å². The Morgan fingerprint density at radius 2 is 0.583 bits per heavy atom. The number of hydrogen-bond donors (Lipinski definition) is 3. The SMILES string of the molecule is Brc1ccccc1-n1c2ccccc2c2ccccc21.CC1(C)c2ccccc2-n2c3ccc(B(O)O)cc3c3cccc1c32.CC1(C)c2ccccc2-n2c3ccc(Br)cc3c3cccc1c32.CC1(C)c2ccccc2-n2c3ccccc3c3cccc1c32.c1ccc2c(c1)[nH]c1ccccc12. The molecule has 10 heteroatoms. The second-order valence-corrected chi connectivity index (χ2v) is 30.7. The summed E-state index contributed by atoms with van der Waals surface area (Å²) < 4.78 is 11.7. The van der Waals surface area contributed by atoms with Crippen molar-refractivity contribution in [3.05, 3.63) is 352 Å². The van der Waals surface area contributed by atoms with E-state index in [9.17, 15) is 10.0 Å². The Morgan fingerprint density at radius 3 is 1.02 bits per heavy atom. The van der Waals surface area contributed by atoms with Crippen molar-refractivity contribution < 1.29 is 10.0 Å². The van der Waals surface area contributed by atoms with Gasteiger partial charge in [0.25, 0.3) is 0 Å². The summed E-state index contributed by atoms with van der Waals surface area (Å²) in [6, 6.07) is 109. The highest BCUT2D eigenvalue weighted by Crippen LogP contribution is 2.51. The number of para-hydroxylation sites is 12. The highest BCUT2D eigenvalue weighted by molar-refractivity contribution is 9.10. The molecule has 0 aliphatic carbocycles. The zero-order valence-corrected chi connectivity index (χ0v) is 61.1. The number of nitrogens with one attached hydrogen (secondary N) is 1. The van der Waals surface area contributed by atoms with E-state index in [4.69, 9.17) is 0 Å². The van der Waals surface area contributed by atoms with Crippen molar-refractivity contribution in [2.24, 2.45) is 0 Å². The Hall–Kier alpha value is -11.0. The number of benzene rings is 14. The van der Waals surface area contributed by atoms with Crippen molar-refractivity contribution >= 4 is 153 Å². The lowest BCUT2D eigenvalue weighted by Gasteiger charge is -2.34. The van der Waals surface area contributed by atoms with Gasteiger partial charge in [-0.1, -0.05) is 282 Å². The number of fused-ring (bicyclic) bond motifs is 21. The zero-order chi connectivity index (χ0) is 70.2. The summed E-state index contributed by atoms with van der Waals surface area (Å²) in [5, 5.41) is 31.9. The van der Waals surface area contributed by atoms with E-state index in [1.165, 1.54) is 149 Å². The Morgan fingerprint density at radius 1 is 0.272 bits per heavy atom. The minimum Gasteiger partial charge on any atom is -0.423 e. The summed E-state index contributed by atoms with van der Waals surface area (Å²) in [6.45, 7) is 13.9. The van der Waals surface area contributed by atoms with Gasteiger partial charge in [0.15, 0.2) is 0 Å². The average molecular weight is 1460 g/mol. The molecule has 0 radical (unpaired) electrons. The van der Waals surface area contributed by atoms with Crippen LogP contribution < -0.4 is 5.46 Å². The molecule has 5 aromatic heterocycles. The molecule has 3 N–H and O–H groups in total. The molecule has 0 saturated carbocycles. The predicted octanol–water partition coefficient (Wildman–Crippen LogP) is 23.6. The minimum absolute atomic E-state index is 0.0116. The highest BCUT2D eigenvalue weighted by Gasteiger charge is 2.38. The van der Waals surface area contributed by atoms with E-state index in [-0.39, 0.29) is 16.2 Å². The van der Waals surface area contributed by atoms with Gasteiger partial charge in [-0.15, -0.1) is 0 Å². The molecule has 0 unspecified atom stereocenters. The molecule has 498 valence electrons. The van der Waals surface area contributed by atoms with Crippen LogP contribution in [0.2, 0.25) is 0 Å². The van der Waals surface area contributed by atoms with Gasteiger partial charge >= 0.3 is 7.12 Å². The predicted molar refractivity (Wildman–Crippen MR) is 441 cm³/mol. The second kappa shape index (κ2) is 24.6. The van der Waals surface area contributed by atoms with Crippen LogP contribution in [0.25, 0.3) is 132 Å². The van der Waals surface area contributed by atoms with Crippen molar-refractivity contribution in [1.29, 1.82) is 0 Å². The van der Waals surface area contributed by atoms with Gasteiger partial charge in [-0.25, -0.2) is 0 Å². The molecule has 14 aromatic carbocycles. The summed E-state index contributed by atoms with van der Waals surface area (Å²) in [4.78, 5) is 3.38. The van der Waals surface area contributed by atoms with Crippen LogP contribution in [0.15, 0.2) is 318 Å². The number of rotatable bonds is 2. The van der Waals surface area contributed by atoms with Gasteiger partial charge in [-0.05, 0) is 140 Å². The molecule has 22 rings (SSSR count). The maximum Gasteiger partial charge on any atom is 0.488 e. The maximum atomic E-state index is 9.58. The fraction of sp³-hybridized carbons (Fsp3) is 0.0968. The van der Waals surface area contributed by atoms with Crippen LogP contribution >= 0.6 is 31.9 Å². The number of hydrogen-bond acceptors (Lipinski definition) is 2. The number of aromatic amines is 1. The quantitative estimate of drug-likeness (QED) is 0.151. The van der Waals surface area contributed by atoms with Crippen molar-refractivity contribution in [1.82, 2.24) is 23.3 Å². The molecule has 19 aromatic rings. The summed E-state index contributed by atoms with van der Waals surface area (Å²) in [6.07, 6.45) is 0. The minimum atomic E-state index is -1.46. The molecule has 103 heavy (non-hydrogen) atoms. The van der Waals surface area contributed by atoms with Gasteiger partial charge in [-0.2, -0.15) is 0 Å². The Labute approximate surface area is 614 Å². The van der Waals surface area contributed by atoms with E-state index in [0.29, 0.717) is 5.46 Å². The van der Waals surface area contributed by atoms with Crippen molar-refractivity contribution in [3.8, 4) is 22.7 Å². The lowest BCUT2D eigenvalue weighted by molar-refractivity contribution is 0.426. The van der Waals surface area contributed by atoms with Crippen molar-refractivity contribution in [2.75, 3.05) is 0 Å². The Bertz CT molecular complexity index is 6530. The van der Waals surface area contributed by atoms with Crippen LogP contribution in [-0.4, -0.2) is 40.4 Å². The summed E-state index contributed by atoms with van der Waals surface area (Å²) in [5.41, 5.74) is 26.2. The van der Waals surface area contributed by atoms with Crippen LogP contribution in [0.4, 0.5) is 0 Å². The summed E-state index contributed by atoms with van der Waals surface area (Å²) >= 11 is 7.30. The molecular weight excluding hydrogens is 1390 g/mol. The number of nitrogens with zero attached hydrogens (tertiary/aromatic N) is 4. The molecule has 0 saturated heterocycles. The highest BCUT2D eigenvalue weighted by atomic mass is 79.9. The van der Waals surface area contributed by atoms with Crippen LogP contribution in [0.3, 0.4) is 0 Å². The fourth-order valence-electron chi connectivity index (χ4n) is 17.2. The first kappa shape index (κ1) is 64.1. The van der Waals surface area contributed by atoms with E-state index in [1.807, 2.05) is 18.2 Å². The van der Waals surface area contributed by atoms with E-state index in [1.54, 1.807) is 6.07 Å². The van der Waals surface area contributed by atoms with Gasteiger partial charge in [0, 0.05) is 90.1 Å². The van der Waals surface area contributed by atoms with Crippen LogP contribution in [0, 0.1) is 0 Å². The van der Waals surface area contributed by atoms with Gasteiger partial charge in [0.1, 0.15) is 0 Å². The van der Waals surface area contributed by atoms with Gasteiger partial charge in [0.05, 0.1) is 66.9 Å². The van der Waals surface area contributed by atoms with E-state index >= 15 is 0 Å². The first-order chi connectivity index (χ1) is 50.1. The van der Waals surface area contributed by atoms with Crippen molar-refractivity contribution in [2.45, 2.75) is 57.8 Å². The first-order valence-corrected chi connectivity index (χ1v) is 36.9. The molecule has 0 atom stereocenters. The molecule has 0 spiro atoms. The normalized spacial score (nSPS) is 13.8. The van der Waals surface area contributed by atoms with Gasteiger partial charge in [-0.3, -0.25) is 0 Å². The average Bonchev–Trinajstić information content (AvgIpc) is 1.59. The monoisotopic (exact) mass is 1460 g/mol. The van der Waals surface area contributed by atoms with Crippen LogP contribution in [-0.2, 0) is 16.2 Å². The third-order valence-corrected chi connectivity index (χ3v) is 23.3. The lowest BCUT2D eigenvalue weighted by Crippen LogP contribution is -2.29. The van der Waals surface area contributed by atoms with E-state index in [0.717, 1.165) is 25.2 Å². The molecule has 0 bridgehead atoms. The Kier molecular flexibility index (Phi) is 15.3. The molecule has 8 heterocycles. The largest absolute Gasteiger partial charge is 0.488 e. The summed E-state index contributed by atoms with van der Waals surface area (Å²) in [7, 11) is -1.46. The van der Waals surface area contributed by atoms with Crippen LogP contribution in [0.1, 0.15) is 74.9 Å². The second-order valence-electron chi connectivity index (χ2n) is 28.9. The molecule has 0 fully saturated rings. The molecular formula is C93H72BBr2N5O2. The topological polar surface area (TPSA) is 76.0 Å². The maximum absolute atomic E-state index is 9.58. The zero-order valence-electron chi connectivity index (χ0n) is 58.0. The standard InChI is InChI=1S/C21H18BNO2.C21H16BrN.C21H17N.C18H12BrN.C12H9N/c1-21(2)16-7-3-4-9-19(16)23-18-11-10-13(22(24)25)12-15(18)14-6-5-8-17(21)20(14)23;1-21(2)16-7-3-4-9-19(16)23-18-11-10-13(22)12-15(18)14-6-5-8-17(21)20(14)23;1-21(2)16-10-4-6-13-19(16)22-18-12-5-3-8-14(18)15-9-7-11-17(21)20(15)22;19-15-9-3-6-12-18(15)20-16-10-4-1-7-13(16)14-8-2-5-11-17(14)20;1-3-7-11-9(5-1)10-6-2-4-8-12(10)13-11/h3-12,24-25H,1-2H3;3-12H,1-2H3;3-13H,1-2H3;1-12H;1-8,13H. The number of aromatic nitrogens is 5. The van der Waals surface area contributed by atoms with E-state index < -0.39 is 7.12 Å². The molecule has 7 nitrogen and oxygen atoms in total. The number of halogens is 2.